The Morgan fingerprint density at radius 3 is 2.86 bits per heavy atom. The number of aromatic nitrogens is 1. The third-order valence-corrected chi connectivity index (χ3v) is 6.84. The van der Waals surface area contributed by atoms with E-state index in [1.54, 1.807) is 18.2 Å². The van der Waals surface area contributed by atoms with Gasteiger partial charge in [-0.1, -0.05) is 34.4 Å². The quantitative estimate of drug-likeness (QED) is 0.834. The Bertz CT molecular complexity index is 750. The van der Waals surface area contributed by atoms with Gasteiger partial charge in [-0.05, 0) is 17.7 Å². The molecule has 9 heteroatoms. The van der Waals surface area contributed by atoms with Crippen molar-refractivity contribution in [2.24, 2.45) is 0 Å². The highest BCUT2D eigenvalue weighted by molar-refractivity contribution is 8.01. The third kappa shape index (κ3) is 2.80. The molecule has 5 nitrogen and oxygen atoms in total. The summed E-state index contributed by atoms with van der Waals surface area (Å²) < 4.78 is 31.2. The lowest BCUT2D eigenvalue weighted by Crippen LogP contribution is -2.30. The van der Waals surface area contributed by atoms with Gasteiger partial charge in [-0.25, -0.2) is 8.42 Å². The highest BCUT2D eigenvalue weighted by atomic mass is 35.5. The van der Waals surface area contributed by atoms with Gasteiger partial charge in [0.05, 0.1) is 11.6 Å². The van der Waals surface area contributed by atoms with Crippen LogP contribution in [-0.2, 0) is 10.0 Å². The molecule has 0 amide bonds. The van der Waals surface area contributed by atoms with E-state index in [0.29, 0.717) is 22.3 Å². The summed E-state index contributed by atoms with van der Waals surface area (Å²) in [4.78, 5) is 0.0417. The van der Waals surface area contributed by atoms with Gasteiger partial charge in [-0.2, -0.15) is 4.31 Å². The lowest BCUT2D eigenvalue weighted by molar-refractivity contribution is 0.414. The van der Waals surface area contributed by atoms with Crippen LogP contribution in [0, 0.1) is 0 Å². The molecule has 0 saturated carbocycles. The van der Waals surface area contributed by atoms with Crippen LogP contribution in [-0.4, -0.2) is 30.2 Å². The first kappa shape index (κ1) is 15.2. The van der Waals surface area contributed by atoms with E-state index < -0.39 is 10.0 Å². The number of sulfonamides is 1. The summed E-state index contributed by atoms with van der Waals surface area (Å²) in [6.45, 7) is 0.405. The average Bonchev–Trinajstić information content (AvgIpc) is 3.10. The van der Waals surface area contributed by atoms with Gasteiger partial charge in [0.2, 0.25) is 10.0 Å². The molecular formula is C12H10Cl2N2O3S2. The van der Waals surface area contributed by atoms with E-state index >= 15 is 0 Å². The molecule has 1 fully saturated rings. The fourth-order valence-corrected chi connectivity index (χ4v) is 5.81. The first-order valence-electron chi connectivity index (χ1n) is 5.98. The van der Waals surface area contributed by atoms with Crippen molar-refractivity contribution in [1.82, 2.24) is 9.46 Å². The maximum atomic E-state index is 12.6. The van der Waals surface area contributed by atoms with E-state index in [1.165, 1.54) is 22.3 Å². The van der Waals surface area contributed by atoms with Crippen molar-refractivity contribution < 1.29 is 12.9 Å². The number of halogens is 2. The predicted octanol–water partition coefficient (Wildman–Crippen LogP) is 3.42. The molecule has 0 spiro atoms. The molecule has 2 heterocycles. The second-order valence-corrected chi connectivity index (χ2v) is 8.29. The molecule has 1 aliphatic heterocycles. The van der Waals surface area contributed by atoms with Crippen LogP contribution < -0.4 is 0 Å². The van der Waals surface area contributed by atoms with Gasteiger partial charge in [0, 0.05) is 22.3 Å². The second-order valence-electron chi connectivity index (χ2n) is 4.36. The molecule has 112 valence electrons. The summed E-state index contributed by atoms with van der Waals surface area (Å²) in [5, 5.41) is 4.04. The Balaban J connectivity index is 2.00. The normalized spacial score (nSPS) is 20.0. The fourth-order valence-electron chi connectivity index (χ4n) is 2.11. The van der Waals surface area contributed by atoms with Crippen molar-refractivity contribution in [2.45, 2.75) is 10.3 Å². The van der Waals surface area contributed by atoms with E-state index in [-0.39, 0.29) is 10.3 Å². The first-order valence-corrected chi connectivity index (χ1v) is 9.22. The molecule has 1 aliphatic rings. The van der Waals surface area contributed by atoms with Gasteiger partial charge in [0.1, 0.15) is 11.2 Å². The summed E-state index contributed by atoms with van der Waals surface area (Å²) in [5.41, 5.74) is 0.726. The van der Waals surface area contributed by atoms with Crippen LogP contribution in [0.1, 0.15) is 10.9 Å². The number of hydrogen-bond donors (Lipinski definition) is 0. The zero-order valence-corrected chi connectivity index (χ0v) is 13.7. The molecule has 0 N–H and O–H groups in total. The number of rotatable bonds is 3. The second kappa shape index (κ2) is 5.81. The highest BCUT2D eigenvalue weighted by Crippen LogP contribution is 2.44. The summed E-state index contributed by atoms with van der Waals surface area (Å²) in [7, 11) is -3.65. The molecule has 3 rings (SSSR count). The molecule has 0 radical (unpaired) electrons. The smallest absolute Gasteiger partial charge is 0.249 e. The zero-order chi connectivity index (χ0) is 15.0. The predicted molar refractivity (Wildman–Crippen MR) is 82.1 cm³/mol. The molecule has 21 heavy (non-hydrogen) atoms. The van der Waals surface area contributed by atoms with Gasteiger partial charge in [0.15, 0.2) is 0 Å². The van der Waals surface area contributed by atoms with Crippen LogP contribution in [0.25, 0.3) is 0 Å². The van der Waals surface area contributed by atoms with E-state index in [9.17, 15) is 8.42 Å². The van der Waals surface area contributed by atoms with E-state index in [2.05, 4.69) is 9.68 Å². The molecule has 1 aromatic carbocycles. The molecular weight excluding hydrogens is 355 g/mol. The van der Waals surface area contributed by atoms with Crippen LogP contribution in [0.5, 0.6) is 0 Å². The Labute approximate surface area is 136 Å². The van der Waals surface area contributed by atoms with Crippen LogP contribution in [0.3, 0.4) is 0 Å². The molecule has 0 aliphatic carbocycles. The van der Waals surface area contributed by atoms with E-state index in [4.69, 9.17) is 23.2 Å². The van der Waals surface area contributed by atoms with Crippen LogP contribution in [0.4, 0.5) is 0 Å². The van der Waals surface area contributed by atoms with Crippen LogP contribution in [0.2, 0.25) is 10.0 Å². The minimum Gasteiger partial charge on any atom is -0.363 e. The standard InChI is InChI=1S/C12H10Cl2N2O3S2/c13-8-1-2-10(11(14)5-8)12-16(3-4-20-12)21(17,18)9-6-15-19-7-9/h1-2,5-7,12H,3-4H2. The van der Waals surface area contributed by atoms with Crippen LogP contribution >= 0.6 is 35.0 Å². The Hall–Kier alpha value is -0.730. The topological polar surface area (TPSA) is 63.4 Å². The number of hydrogen-bond acceptors (Lipinski definition) is 5. The molecule has 1 atom stereocenters. The summed E-state index contributed by atoms with van der Waals surface area (Å²) in [6.07, 6.45) is 2.32. The lowest BCUT2D eigenvalue weighted by Gasteiger charge is -2.23. The fraction of sp³-hybridized carbons (Fsp3) is 0.250. The lowest BCUT2D eigenvalue weighted by atomic mass is 10.2. The molecule has 1 unspecified atom stereocenters. The highest BCUT2D eigenvalue weighted by Gasteiger charge is 2.38. The summed E-state index contributed by atoms with van der Waals surface area (Å²) in [6, 6.07) is 5.07. The number of benzene rings is 1. The van der Waals surface area contributed by atoms with Crippen molar-refractivity contribution in [3.63, 3.8) is 0 Å². The van der Waals surface area contributed by atoms with Crippen molar-refractivity contribution in [3.8, 4) is 0 Å². The summed E-state index contributed by atoms with van der Waals surface area (Å²) >= 11 is 13.6. The molecule has 0 bridgehead atoms. The molecule has 1 saturated heterocycles. The molecule has 2 aromatic rings. The van der Waals surface area contributed by atoms with Crippen molar-refractivity contribution in [1.29, 1.82) is 0 Å². The van der Waals surface area contributed by atoms with E-state index in [1.807, 2.05) is 0 Å². The largest absolute Gasteiger partial charge is 0.363 e. The average molecular weight is 365 g/mol. The monoisotopic (exact) mass is 364 g/mol. The van der Waals surface area contributed by atoms with Gasteiger partial charge < -0.3 is 4.52 Å². The Morgan fingerprint density at radius 1 is 1.38 bits per heavy atom. The van der Waals surface area contributed by atoms with Gasteiger partial charge in [0.25, 0.3) is 0 Å². The summed E-state index contributed by atoms with van der Waals surface area (Å²) in [5.74, 6) is 0.689. The molecule has 1 aromatic heterocycles. The van der Waals surface area contributed by atoms with Gasteiger partial charge >= 0.3 is 0 Å². The number of thioether (sulfide) groups is 1. The SMILES string of the molecule is O=S(=O)(c1cnoc1)N1CCSC1c1ccc(Cl)cc1Cl. The van der Waals surface area contributed by atoms with E-state index in [0.717, 1.165) is 11.8 Å². The minimum atomic E-state index is -3.65. The van der Waals surface area contributed by atoms with Gasteiger partial charge in [-0.15, -0.1) is 11.8 Å². The third-order valence-electron chi connectivity index (χ3n) is 3.09. The number of nitrogens with zero attached hydrogens (tertiary/aromatic N) is 2. The first-order chi connectivity index (χ1) is 10.00. The zero-order valence-electron chi connectivity index (χ0n) is 10.6. The maximum absolute atomic E-state index is 12.6. The Kier molecular flexibility index (Phi) is 4.20. The van der Waals surface area contributed by atoms with Gasteiger partial charge in [-0.3, -0.25) is 0 Å². The van der Waals surface area contributed by atoms with Crippen LogP contribution in [0.15, 0.2) is 40.1 Å². The van der Waals surface area contributed by atoms with Crippen molar-refractivity contribution in [2.75, 3.05) is 12.3 Å². The maximum Gasteiger partial charge on any atom is 0.249 e. The minimum absolute atomic E-state index is 0.0417. The Morgan fingerprint density at radius 2 is 2.19 bits per heavy atom. The van der Waals surface area contributed by atoms with Crippen molar-refractivity contribution >= 4 is 45.0 Å². The van der Waals surface area contributed by atoms with Crippen molar-refractivity contribution in [3.05, 3.63) is 46.3 Å².